The van der Waals surface area contributed by atoms with Crippen molar-refractivity contribution < 1.29 is 28.6 Å². The van der Waals surface area contributed by atoms with Gasteiger partial charge in [-0.3, -0.25) is 9.59 Å². The molecule has 172 valence electrons. The van der Waals surface area contributed by atoms with Crippen LogP contribution in [0.1, 0.15) is 44.7 Å². The van der Waals surface area contributed by atoms with Crippen molar-refractivity contribution in [3.05, 3.63) is 35.1 Å². The summed E-state index contributed by atoms with van der Waals surface area (Å²) in [5, 5.41) is 15.1. The van der Waals surface area contributed by atoms with Crippen LogP contribution in [0, 0.1) is 18.2 Å². The van der Waals surface area contributed by atoms with Crippen LogP contribution in [-0.4, -0.2) is 59.8 Å². The van der Waals surface area contributed by atoms with Crippen molar-refractivity contribution in [2.75, 3.05) is 26.2 Å². The molecule has 0 unspecified atom stereocenters. The predicted octanol–water partition coefficient (Wildman–Crippen LogP) is 1.88. The maximum absolute atomic E-state index is 13.7. The van der Waals surface area contributed by atoms with E-state index in [1.54, 1.807) is 44.7 Å². The standard InChI is InChI=1S/C22H32FN3O5/c1-15-16(6-5-7-17(15)23)12-24-19(29)22(14-27)8-10-26(11-9-22)18(28)13-25-20(30)31-21(2,3)4/h5-7,27H,8-14H2,1-4H3,(H,24,29)(H,25,30). The summed E-state index contributed by atoms with van der Waals surface area (Å²) in [6, 6.07) is 4.69. The fraction of sp³-hybridized carbons (Fsp3) is 0.591. The molecule has 1 aromatic rings. The van der Waals surface area contributed by atoms with Crippen molar-refractivity contribution in [2.45, 2.75) is 52.7 Å². The van der Waals surface area contributed by atoms with Crippen LogP contribution in [0.3, 0.4) is 0 Å². The molecule has 0 spiro atoms. The number of hydrogen-bond acceptors (Lipinski definition) is 5. The average Bonchev–Trinajstić information content (AvgIpc) is 2.71. The summed E-state index contributed by atoms with van der Waals surface area (Å²) in [6.07, 6.45) is -0.0970. The second-order valence-corrected chi connectivity index (χ2v) is 8.88. The van der Waals surface area contributed by atoms with Gasteiger partial charge in [0.25, 0.3) is 0 Å². The van der Waals surface area contributed by atoms with Crippen LogP contribution in [0.5, 0.6) is 0 Å². The predicted molar refractivity (Wildman–Crippen MR) is 113 cm³/mol. The maximum Gasteiger partial charge on any atom is 0.408 e. The molecule has 0 bridgehead atoms. The number of halogens is 1. The van der Waals surface area contributed by atoms with Gasteiger partial charge < -0.3 is 25.4 Å². The van der Waals surface area contributed by atoms with Crippen LogP contribution < -0.4 is 10.6 Å². The SMILES string of the molecule is Cc1c(F)cccc1CNC(=O)C1(CO)CCN(C(=O)CNC(=O)OC(C)(C)C)CC1. The summed E-state index contributed by atoms with van der Waals surface area (Å²) in [7, 11) is 0. The van der Waals surface area contributed by atoms with Gasteiger partial charge in [0.05, 0.1) is 12.0 Å². The van der Waals surface area contributed by atoms with Crippen molar-refractivity contribution >= 4 is 17.9 Å². The van der Waals surface area contributed by atoms with Gasteiger partial charge in [-0.2, -0.15) is 0 Å². The van der Waals surface area contributed by atoms with Gasteiger partial charge >= 0.3 is 6.09 Å². The van der Waals surface area contributed by atoms with Gasteiger partial charge in [0.15, 0.2) is 0 Å². The van der Waals surface area contributed by atoms with Crippen LogP contribution in [0.25, 0.3) is 0 Å². The number of piperidine rings is 1. The summed E-state index contributed by atoms with van der Waals surface area (Å²) in [4.78, 5) is 38.4. The smallest absolute Gasteiger partial charge is 0.408 e. The molecule has 31 heavy (non-hydrogen) atoms. The van der Waals surface area contributed by atoms with Crippen LogP contribution >= 0.6 is 0 Å². The molecule has 0 atom stereocenters. The molecule has 2 rings (SSSR count). The summed E-state index contributed by atoms with van der Waals surface area (Å²) in [5.74, 6) is -0.943. The van der Waals surface area contributed by atoms with E-state index in [2.05, 4.69) is 10.6 Å². The van der Waals surface area contributed by atoms with E-state index >= 15 is 0 Å². The highest BCUT2D eigenvalue weighted by Crippen LogP contribution is 2.31. The number of carbonyl (C=O) groups excluding carboxylic acids is 3. The maximum atomic E-state index is 13.7. The Morgan fingerprint density at radius 3 is 2.42 bits per heavy atom. The van der Waals surface area contributed by atoms with Gasteiger partial charge in [-0.15, -0.1) is 0 Å². The zero-order valence-corrected chi connectivity index (χ0v) is 18.6. The highest BCUT2D eigenvalue weighted by Gasteiger charge is 2.41. The zero-order chi connectivity index (χ0) is 23.2. The Labute approximate surface area is 182 Å². The van der Waals surface area contributed by atoms with Crippen molar-refractivity contribution in [3.63, 3.8) is 0 Å². The fourth-order valence-electron chi connectivity index (χ4n) is 3.42. The highest BCUT2D eigenvalue weighted by atomic mass is 19.1. The first kappa shape index (κ1) is 24.6. The number of aliphatic hydroxyl groups excluding tert-OH is 1. The number of ether oxygens (including phenoxy) is 1. The largest absolute Gasteiger partial charge is 0.444 e. The molecule has 1 heterocycles. The molecular formula is C22H32FN3O5. The van der Waals surface area contributed by atoms with Gasteiger partial charge in [0, 0.05) is 19.6 Å². The Hall–Kier alpha value is -2.68. The Balaban J connectivity index is 1.87. The number of likely N-dealkylation sites (tertiary alicyclic amines) is 1. The van der Waals surface area contributed by atoms with Crippen LogP contribution in [-0.2, 0) is 20.9 Å². The van der Waals surface area contributed by atoms with E-state index in [0.29, 0.717) is 11.1 Å². The van der Waals surface area contributed by atoms with Crippen molar-refractivity contribution in [1.82, 2.24) is 15.5 Å². The minimum absolute atomic E-state index is 0.159. The number of rotatable bonds is 6. The first-order valence-electron chi connectivity index (χ1n) is 10.4. The van der Waals surface area contributed by atoms with Gasteiger partial charge in [-0.1, -0.05) is 12.1 Å². The molecule has 8 nitrogen and oxygen atoms in total. The van der Waals surface area contributed by atoms with Gasteiger partial charge in [-0.05, 0) is 57.7 Å². The lowest BCUT2D eigenvalue weighted by atomic mass is 9.78. The molecular weight excluding hydrogens is 405 g/mol. The Morgan fingerprint density at radius 1 is 1.19 bits per heavy atom. The average molecular weight is 438 g/mol. The summed E-state index contributed by atoms with van der Waals surface area (Å²) in [6.45, 7) is 7.01. The topological polar surface area (TPSA) is 108 Å². The van der Waals surface area contributed by atoms with E-state index < -0.39 is 17.1 Å². The number of hydrogen-bond donors (Lipinski definition) is 3. The highest BCUT2D eigenvalue weighted by molar-refractivity contribution is 5.85. The number of benzene rings is 1. The van der Waals surface area contributed by atoms with Crippen molar-refractivity contribution in [3.8, 4) is 0 Å². The van der Waals surface area contributed by atoms with E-state index in [1.165, 1.54) is 6.07 Å². The van der Waals surface area contributed by atoms with Gasteiger partial charge in [0.2, 0.25) is 11.8 Å². The van der Waals surface area contributed by atoms with Crippen LogP contribution in [0.4, 0.5) is 9.18 Å². The third-order valence-corrected chi connectivity index (χ3v) is 5.46. The number of aliphatic hydroxyl groups is 1. The molecule has 0 aliphatic carbocycles. The van der Waals surface area contributed by atoms with Gasteiger partial charge in [-0.25, -0.2) is 9.18 Å². The molecule has 1 saturated heterocycles. The molecule has 9 heteroatoms. The lowest BCUT2D eigenvalue weighted by molar-refractivity contribution is -0.142. The Kier molecular flexibility index (Phi) is 8.00. The second-order valence-electron chi connectivity index (χ2n) is 8.88. The molecule has 0 aromatic heterocycles. The molecule has 1 fully saturated rings. The number of carbonyl (C=O) groups is 3. The first-order chi connectivity index (χ1) is 14.5. The quantitative estimate of drug-likeness (QED) is 0.630. The molecule has 0 saturated carbocycles. The van der Waals surface area contributed by atoms with Crippen molar-refractivity contribution in [2.24, 2.45) is 5.41 Å². The lowest BCUT2D eigenvalue weighted by Crippen LogP contribution is -2.53. The van der Waals surface area contributed by atoms with Gasteiger partial charge in [0.1, 0.15) is 18.0 Å². The van der Waals surface area contributed by atoms with Crippen LogP contribution in [0.2, 0.25) is 0 Å². The molecule has 3 N–H and O–H groups in total. The minimum Gasteiger partial charge on any atom is -0.444 e. The van der Waals surface area contributed by atoms with E-state index in [-0.39, 0.29) is 63.3 Å². The molecule has 1 aliphatic rings. The molecule has 3 amide bonds. The minimum atomic E-state index is -1.00. The van der Waals surface area contributed by atoms with Crippen molar-refractivity contribution in [1.29, 1.82) is 0 Å². The number of amides is 3. The summed E-state index contributed by atoms with van der Waals surface area (Å²) < 4.78 is 18.8. The molecule has 1 aliphatic heterocycles. The lowest BCUT2D eigenvalue weighted by Gasteiger charge is -2.39. The van der Waals surface area contributed by atoms with Crippen LogP contribution in [0.15, 0.2) is 18.2 Å². The number of alkyl carbamates (subject to hydrolysis) is 1. The zero-order valence-electron chi connectivity index (χ0n) is 18.6. The fourth-order valence-corrected chi connectivity index (χ4v) is 3.42. The Morgan fingerprint density at radius 2 is 1.84 bits per heavy atom. The van der Waals surface area contributed by atoms with E-state index in [0.717, 1.165) is 0 Å². The third-order valence-electron chi connectivity index (χ3n) is 5.46. The normalized spacial score (nSPS) is 15.9. The molecule has 0 radical (unpaired) electrons. The van der Waals surface area contributed by atoms with E-state index in [1.807, 2.05) is 0 Å². The monoisotopic (exact) mass is 437 g/mol. The number of nitrogens with zero attached hydrogens (tertiary/aromatic N) is 1. The number of nitrogens with one attached hydrogen (secondary N) is 2. The van der Waals surface area contributed by atoms with E-state index in [9.17, 15) is 23.9 Å². The third kappa shape index (κ3) is 6.65. The van der Waals surface area contributed by atoms with E-state index in [4.69, 9.17) is 4.74 Å². The summed E-state index contributed by atoms with van der Waals surface area (Å²) in [5.41, 5.74) is -0.520. The molecule has 1 aromatic carbocycles. The Bertz CT molecular complexity index is 814. The first-order valence-corrected chi connectivity index (χ1v) is 10.4. The second kappa shape index (κ2) is 10.1. The summed E-state index contributed by atoms with van der Waals surface area (Å²) >= 11 is 0.